The van der Waals surface area contributed by atoms with Crippen LogP contribution in [0.3, 0.4) is 0 Å². The maximum Gasteiger partial charge on any atom is 0.317 e. The Morgan fingerprint density at radius 3 is 2.03 bits per heavy atom. The molecule has 4 rings (SSSR count). The van der Waals surface area contributed by atoms with E-state index in [9.17, 15) is 8.42 Å². The van der Waals surface area contributed by atoms with E-state index in [0.29, 0.717) is 6.01 Å². The number of nitrogens with zero attached hydrogens (tertiary/aromatic N) is 2. The molecule has 1 N–H and O–H groups in total. The molecule has 0 atom stereocenters. The zero-order valence-electron chi connectivity index (χ0n) is 17.8. The van der Waals surface area contributed by atoms with E-state index in [1.165, 1.54) is 0 Å². The van der Waals surface area contributed by atoms with E-state index in [-0.39, 0.29) is 17.0 Å². The molecule has 0 aliphatic heterocycles. The lowest BCUT2D eigenvalue weighted by molar-refractivity contribution is 0.131. The molecule has 0 bridgehead atoms. The molecule has 0 radical (unpaired) electrons. The summed E-state index contributed by atoms with van der Waals surface area (Å²) < 4.78 is 34.5. The van der Waals surface area contributed by atoms with Crippen molar-refractivity contribution < 1.29 is 13.2 Å². The SMILES string of the molecule is Cc1cc(C)nc(OC2CCC(NS(=O)(=O)c3ccc(-c4ccccc4)cc3)CC2)n1. The van der Waals surface area contributed by atoms with Crippen LogP contribution >= 0.6 is 0 Å². The number of aromatic nitrogens is 2. The van der Waals surface area contributed by atoms with E-state index in [2.05, 4.69) is 14.7 Å². The zero-order chi connectivity index (χ0) is 21.8. The Hall–Kier alpha value is -2.77. The Morgan fingerprint density at radius 1 is 0.839 bits per heavy atom. The number of sulfonamides is 1. The van der Waals surface area contributed by atoms with Crippen LogP contribution in [0, 0.1) is 13.8 Å². The van der Waals surface area contributed by atoms with Crippen molar-refractivity contribution in [1.82, 2.24) is 14.7 Å². The van der Waals surface area contributed by atoms with E-state index in [4.69, 9.17) is 4.74 Å². The van der Waals surface area contributed by atoms with Crippen LogP contribution in [0.25, 0.3) is 11.1 Å². The lowest BCUT2D eigenvalue weighted by Gasteiger charge is -2.28. The summed E-state index contributed by atoms with van der Waals surface area (Å²) in [6.45, 7) is 3.83. The fourth-order valence-electron chi connectivity index (χ4n) is 3.94. The molecule has 7 heteroatoms. The van der Waals surface area contributed by atoms with Gasteiger partial charge in [-0.05, 0) is 68.9 Å². The van der Waals surface area contributed by atoms with Crippen LogP contribution in [0.1, 0.15) is 37.1 Å². The molecular formula is C24H27N3O3S. The van der Waals surface area contributed by atoms with Crippen molar-refractivity contribution >= 4 is 10.0 Å². The van der Waals surface area contributed by atoms with Crippen molar-refractivity contribution in [1.29, 1.82) is 0 Å². The fraction of sp³-hybridized carbons (Fsp3) is 0.333. The van der Waals surface area contributed by atoms with Crippen molar-refractivity contribution in [2.45, 2.75) is 56.6 Å². The van der Waals surface area contributed by atoms with Gasteiger partial charge in [0, 0.05) is 17.4 Å². The fourth-order valence-corrected chi connectivity index (χ4v) is 5.24. The average Bonchev–Trinajstić information content (AvgIpc) is 2.75. The second kappa shape index (κ2) is 9.16. The molecule has 0 saturated heterocycles. The van der Waals surface area contributed by atoms with Gasteiger partial charge in [0.25, 0.3) is 0 Å². The Kier molecular flexibility index (Phi) is 6.34. The van der Waals surface area contributed by atoms with E-state index >= 15 is 0 Å². The number of ether oxygens (including phenoxy) is 1. The first kappa shape index (κ1) is 21.5. The predicted molar refractivity (Wildman–Crippen MR) is 120 cm³/mol. The molecule has 1 aliphatic carbocycles. The molecule has 0 amide bonds. The summed E-state index contributed by atoms with van der Waals surface area (Å²) in [5, 5.41) is 0. The topological polar surface area (TPSA) is 81.2 Å². The van der Waals surface area contributed by atoms with E-state index in [1.807, 2.05) is 62.4 Å². The molecule has 1 aliphatic rings. The van der Waals surface area contributed by atoms with Crippen LogP contribution in [-0.4, -0.2) is 30.5 Å². The minimum atomic E-state index is -3.56. The molecule has 1 fully saturated rings. The third kappa shape index (κ3) is 5.48. The normalized spacial score (nSPS) is 19.2. The van der Waals surface area contributed by atoms with Gasteiger partial charge in [-0.3, -0.25) is 0 Å². The number of hydrogen-bond donors (Lipinski definition) is 1. The number of rotatable bonds is 6. The van der Waals surface area contributed by atoms with Crippen LogP contribution in [0.4, 0.5) is 0 Å². The summed E-state index contributed by atoms with van der Waals surface area (Å²) in [6, 6.07) is 19.1. The third-order valence-electron chi connectivity index (χ3n) is 5.50. The highest BCUT2D eigenvalue weighted by molar-refractivity contribution is 7.89. The van der Waals surface area contributed by atoms with Crippen molar-refractivity contribution in [2.75, 3.05) is 0 Å². The zero-order valence-corrected chi connectivity index (χ0v) is 18.6. The van der Waals surface area contributed by atoms with Crippen molar-refractivity contribution in [3.05, 3.63) is 72.1 Å². The molecule has 31 heavy (non-hydrogen) atoms. The van der Waals surface area contributed by atoms with Crippen LogP contribution in [0.5, 0.6) is 6.01 Å². The van der Waals surface area contributed by atoms with Gasteiger partial charge in [0.15, 0.2) is 0 Å². The van der Waals surface area contributed by atoms with Gasteiger partial charge in [0.05, 0.1) is 4.90 Å². The molecule has 6 nitrogen and oxygen atoms in total. The van der Waals surface area contributed by atoms with Crippen LogP contribution < -0.4 is 9.46 Å². The summed E-state index contributed by atoms with van der Waals surface area (Å²) in [7, 11) is -3.56. The van der Waals surface area contributed by atoms with Gasteiger partial charge in [-0.1, -0.05) is 42.5 Å². The molecule has 1 aromatic heterocycles. The lowest BCUT2D eigenvalue weighted by atomic mass is 9.94. The van der Waals surface area contributed by atoms with E-state index in [0.717, 1.165) is 48.2 Å². The monoisotopic (exact) mass is 437 g/mol. The van der Waals surface area contributed by atoms with Gasteiger partial charge in [-0.15, -0.1) is 0 Å². The molecular weight excluding hydrogens is 410 g/mol. The minimum absolute atomic E-state index is 0.00658. The van der Waals surface area contributed by atoms with Gasteiger partial charge < -0.3 is 4.74 Å². The second-order valence-corrected chi connectivity index (χ2v) is 9.75. The van der Waals surface area contributed by atoms with Gasteiger partial charge in [-0.25, -0.2) is 23.1 Å². The van der Waals surface area contributed by atoms with Crippen molar-refractivity contribution in [2.24, 2.45) is 0 Å². The smallest absolute Gasteiger partial charge is 0.317 e. The molecule has 162 valence electrons. The van der Waals surface area contributed by atoms with Crippen LogP contribution in [0.15, 0.2) is 65.6 Å². The lowest BCUT2D eigenvalue weighted by Crippen LogP contribution is -2.39. The van der Waals surface area contributed by atoms with E-state index in [1.54, 1.807) is 12.1 Å². The molecule has 0 spiro atoms. The summed E-state index contributed by atoms with van der Waals surface area (Å²) in [5.74, 6) is 0. The Bertz CT molecular complexity index is 1100. The van der Waals surface area contributed by atoms with Crippen LogP contribution in [0.2, 0.25) is 0 Å². The summed E-state index contributed by atoms with van der Waals surface area (Å²) in [4.78, 5) is 8.95. The maximum absolute atomic E-state index is 12.8. The number of hydrogen-bond acceptors (Lipinski definition) is 5. The van der Waals surface area contributed by atoms with E-state index < -0.39 is 10.0 Å². The number of aryl methyl sites for hydroxylation is 2. The van der Waals surface area contributed by atoms with Gasteiger partial charge in [-0.2, -0.15) is 0 Å². The number of nitrogens with one attached hydrogen (secondary N) is 1. The highest BCUT2D eigenvalue weighted by Crippen LogP contribution is 2.25. The maximum atomic E-state index is 12.8. The quantitative estimate of drug-likeness (QED) is 0.617. The molecule has 3 aromatic rings. The Balaban J connectivity index is 1.34. The largest absolute Gasteiger partial charge is 0.460 e. The molecule has 0 unspecified atom stereocenters. The standard InChI is InChI=1S/C24H27N3O3S/c1-17-16-18(2)26-24(25-17)30-22-12-10-21(11-13-22)27-31(28,29)23-14-8-20(9-15-23)19-6-4-3-5-7-19/h3-9,14-16,21-22,27H,10-13H2,1-2H3. The highest BCUT2D eigenvalue weighted by Gasteiger charge is 2.27. The Labute approximate surface area is 183 Å². The minimum Gasteiger partial charge on any atom is -0.460 e. The summed E-state index contributed by atoms with van der Waals surface area (Å²) in [5.41, 5.74) is 3.81. The van der Waals surface area contributed by atoms with Gasteiger partial charge in [0.1, 0.15) is 6.10 Å². The highest BCUT2D eigenvalue weighted by atomic mass is 32.2. The first-order chi connectivity index (χ1) is 14.9. The molecule has 1 saturated carbocycles. The number of benzene rings is 2. The first-order valence-electron chi connectivity index (χ1n) is 10.6. The predicted octanol–water partition coefficient (Wildman–Crippen LogP) is 4.43. The molecule has 2 aromatic carbocycles. The van der Waals surface area contributed by atoms with Crippen molar-refractivity contribution in [3.8, 4) is 17.1 Å². The van der Waals surface area contributed by atoms with Gasteiger partial charge in [0.2, 0.25) is 10.0 Å². The second-order valence-electron chi connectivity index (χ2n) is 8.04. The van der Waals surface area contributed by atoms with Crippen molar-refractivity contribution in [3.63, 3.8) is 0 Å². The Morgan fingerprint density at radius 2 is 1.42 bits per heavy atom. The third-order valence-corrected chi connectivity index (χ3v) is 7.04. The first-order valence-corrected chi connectivity index (χ1v) is 12.0. The van der Waals surface area contributed by atoms with Gasteiger partial charge >= 0.3 is 6.01 Å². The average molecular weight is 438 g/mol. The summed E-state index contributed by atoms with van der Waals surface area (Å²) in [6.07, 6.45) is 2.97. The van der Waals surface area contributed by atoms with Crippen LogP contribution in [-0.2, 0) is 10.0 Å². The summed E-state index contributed by atoms with van der Waals surface area (Å²) >= 11 is 0. The molecule has 1 heterocycles.